The van der Waals surface area contributed by atoms with Crippen LogP contribution < -0.4 is 5.32 Å². The third-order valence-corrected chi connectivity index (χ3v) is 2.49. The summed E-state index contributed by atoms with van der Waals surface area (Å²) >= 11 is 0. The van der Waals surface area contributed by atoms with Crippen molar-refractivity contribution in [2.45, 2.75) is 38.1 Å². The zero-order chi connectivity index (χ0) is 8.32. The fourth-order valence-corrected chi connectivity index (χ4v) is 1.38. The Hall–Kier alpha value is -0.720. The van der Waals surface area contributed by atoms with E-state index in [2.05, 4.69) is 25.4 Å². The Morgan fingerprint density at radius 3 is 2.55 bits per heavy atom. The lowest BCUT2D eigenvalue weighted by atomic mass is 9.76. The molecule has 0 bridgehead atoms. The first-order chi connectivity index (χ1) is 5.22. The van der Waals surface area contributed by atoms with E-state index in [0.717, 1.165) is 12.1 Å². The van der Waals surface area contributed by atoms with Crippen LogP contribution in [0.4, 0.5) is 0 Å². The molecule has 0 aliphatic heterocycles. The molecule has 1 aliphatic rings. The predicted octanol–water partition coefficient (Wildman–Crippen LogP) is 2.61. The molecule has 0 aromatic carbocycles. The van der Waals surface area contributed by atoms with Gasteiger partial charge in [-0.3, -0.25) is 0 Å². The van der Waals surface area contributed by atoms with Gasteiger partial charge in [0.15, 0.2) is 0 Å². The molecule has 1 saturated carbocycles. The maximum absolute atomic E-state index is 3.93. The van der Waals surface area contributed by atoms with Crippen molar-refractivity contribution in [1.82, 2.24) is 5.32 Å². The van der Waals surface area contributed by atoms with E-state index in [-0.39, 0.29) is 5.54 Å². The molecule has 1 aliphatic carbocycles. The summed E-state index contributed by atoms with van der Waals surface area (Å²) in [6.07, 6.45) is 6.79. The molecule has 0 spiro atoms. The van der Waals surface area contributed by atoms with Crippen molar-refractivity contribution in [3.05, 3.63) is 24.9 Å². The second-order valence-electron chi connectivity index (χ2n) is 3.30. The van der Waals surface area contributed by atoms with Gasteiger partial charge in [0, 0.05) is 5.70 Å². The quantitative estimate of drug-likeness (QED) is 0.609. The zero-order valence-electron chi connectivity index (χ0n) is 7.32. The summed E-state index contributed by atoms with van der Waals surface area (Å²) in [4.78, 5) is 0. The van der Waals surface area contributed by atoms with Crippen molar-refractivity contribution in [2.75, 3.05) is 0 Å². The van der Waals surface area contributed by atoms with E-state index in [1.165, 1.54) is 19.3 Å². The van der Waals surface area contributed by atoms with Gasteiger partial charge in [-0.2, -0.15) is 0 Å². The molecule has 11 heavy (non-hydrogen) atoms. The molecule has 62 valence electrons. The molecule has 0 amide bonds. The second kappa shape index (κ2) is 3.12. The van der Waals surface area contributed by atoms with Crippen LogP contribution in [0.1, 0.15) is 32.6 Å². The Morgan fingerprint density at radius 2 is 2.27 bits per heavy atom. The highest BCUT2D eigenvalue weighted by atomic mass is 15.0. The molecular formula is C10H17N. The van der Waals surface area contributed by atoms with Crippen LogP contribution in [-0.4, -0.2) is 5.54 Å². The summed E-state index contributed by atoms with van der Waals surface area (Å²) < 4.78 is 0. The molecule has 0 heterocycles. The lowest BCUT2D eigenvalue weighted by Gasteiger charge is -2.41. The highest BCUT2D eigenvalue weighted by Gasteiger charge is 2.33. The van der Waals surface area contributed by atoms with Crippen LogP contribution in [0.3, 0.4) is 0 Å². The topological polar surface area (TPSA) is 12.0 Å². The normalized spacial score (nSPS) is 20.1. The van der Waals surface area contributed by atoms with Crippen LogP contribution in [0.2, 0.25) is 0 Å². The van der Waals surface area contributed by atoms with Crippen molar-refractivity contribution in [3.8, 4) is 0 Å². The Balaban J connectivity index is 2.44. The Bertz CT molecular complexity index is 166. The number of hydrogen-bond donors (Lipinski definition) is 1. The molecule has 0 aromatic heterocycles. The Kier molecular flexibility index (Phi) is 2.38. The molecule has 1 fully saturated rings. The van der Waals surface area contributed by atoms with Gasteiger partial charge in [0.25, 0.3) is 0 Å². The van der Waals surface area contributed by atoms with E-state index in [0.29, 0.717) is 0 Å². The number of allylic oxidation sites excluding steroid dienone is 1. The largest absolute Gasteiger partial charge is 0.380 e. The van der Waals surface area contributed by atoms with E-state index in [1.54, 1.807) is 0 Å². The lowest BCUT2D eigenvalue weighted by molar-refractivity contribution is 0.265. The first-order valence-corrected chi connectivity index (χ1v) is 4.32. The summed E-state index contributed by atoms with van der Waals surface area (Å²) in [5, 5.41) is 3.42. The van der Waals surface area contributed by atoms with Crippen molar-refractivity contribution in [2.24, 2.45) is 0 Å². The highest BCUT2D eigenvalue weighted by molar-refractivity contribution is 5.13. The number of rotatable bonds is 4. The van der Waals surface area contributed by atoms with Gasteiger partial charge in [0.2, 0.25) is 0 Å². The molecule has 0 radical (unpaired) electrons. The van der Waals surface area contributed by atoms with Gasteiger partial charge in [-0.15, -0.1) is 6.58 Å². The average Bonchev–Trinajstić information content (AvgIpc) is 1.96. The lowest BCUT2D eigenvalue weighted by Crippen LogP contribution is -2.48. The smallest absolute Gasteiger partial charge is 0.0550 e. The van der Waals surface area contributed by atoms with Crippen LogP contribution in [0, 0.1) is 0 Å². The van der Waals surface area contributed by atoms with Gasteiger partial charge < -0.3 is 5.32 Å². The second-order valence-corrected chi connectivity index (χ2v) is 3.30. The Morgan fingerprint density at radius 1 is 1.64 bits per heavy atom. The average molecular weight is 151 g/mol. The minimum absolute atomic E-state index is 0.201. The van der Waals surface area contributed by atoms with Crippen LogP contribution >= 0.6 is 0 Å². The summed E-state index contributed by atoms with van der Waals surface area (Å²) in [5.74, 6) is 0. The van der Waals surface area contributed by atoms with E-state index in [1.807, 2.05) is 6.08 Å². The zero-order valence-corrected chi connectivity index (χ0v) is 7.32. The van der Waals surface area contributed by atoms with E-state index in [4.69, 9.17) is 0 Å². The molecule has 1 heteroatoms. The van der Waals surface area contributed by atoms with Crippen molar-refractivity contribution < 1.29 is 0 Å². The van der Waals surface area contributed by atoms with Gasteiger partial charge in [-0.05, 0) is 25.7 Å². The van der Waals surface area contributed by atoms with E-state index >= 15 is 0 Å². The first kappa shape index (κ1) is 8.38. The van der Waals surface area contributed by atoms with Crippen LogP contribution in [-0.2, 0) is 0 Å². The molecular weight excluding hydrogens is 134 g/mol. The maximum atomic E-state index is 3.93. The standard InChI is InChI=1S/C10H17N/c1-4-9(3)11-10(5-2)7-6-8-10/h5,11H,2-4,6-8H2,1H3. The molecule has 1 nitrogen and oxygen atoms in total. The molecule has 0 atom stereocenters. The van der Waals surface area contributed by atoms with Gasteiger partial charge in [0.1, 0.15) is 0 Å². The number of nitrogens with one attached hydrogen (secondary N) is 1. The number of hydrogen-bond acceptors (Lipinski definition) is 1. The van der Waals surface area contributed by atoms with Crippen LogP contribution in [0.25, 0.3) is 0 Å². The van der Waals surface area contributed by atoms with Crippen LogP contribution in [0.15, 0.2) is 24.9 Å². The minimum atomic E-state index is 0.201. The van der Waals surface area contributed by atoms with Crippen molar-refractivity contribution >= 4 is 0 Å². The summed E-state index contributed by atoms with van der Waals surface area (Å²) in [5.41, 5.74) is 1.33. The van der Waals surface area contributed by atoms with Gasteiger partial charge in [0.05, 0.1) is 5.54 Å². The van der Waals surface area contributed by atoms with Crippen LogP contribution in [0.5, 0.6) is 0 Å². The third kappa shape index (κ3) is 1.65. The minimum Gasteiger partial charge on any atom is -0.380 e. The van der Waals surface area contributed by atoms with Gasteiger partial charge in [-0.1, -0.05) is 19.6 Å². The summed E-state index contributed by atoms with van der Waals surface area (Å²) in [6.45, 7) is 9.88. The molecule has 1 rings (SSSR count). The highest BCUT2D eigenvalue weighted by Crippen LogP contribution is 2.33. The maximum Gasteiger partial charge on any atom is 0.0550 e. The van der Waals surface area contributed by atoms with E-state index < -0.39 is 0 Å². The third-order valence-electron chi connectivity index (χ3n) is 2.49. The molecule has 0 unspecified atom stereocenters. The summed E-state index contributed by atoms with van der Waals surface area (Å²) in [7, 11) is 0. The van der Waals surface area contributed by atoms with E-state index in [9.17, 15) is 0 Å². The Labute approximate surface area is 69.2 Å². The SMILES string of the molecule is C=CC1(NC(=C)CC)CCC1. The monoisotopic (exact) mass is 151 g/mol. The molecule has 1 N–H and O–H groups in total. The molecule has 0 saturated heterocycles. The summed E-state index contributed by atoms with van der Waals surface area (Å²) in [6, 6.07) is 0. The molecule has 0 aromatic rings. The predicted molar refractivity (Wildman–Crippen MR) is 49.3 cm³/mol. The van der Waals surface area contributed by atoms with Crippen molar-refractivity contribution in [3.63, 3.8) is 0 Å². The van der Waals surface area contributed by atoms with Gasteiger partial charge >= 0.3 is 0 Å². The van der Waals surface area contributed by atoms with Crippen molar-refractivity contribution in [1.29, 1.82) is 0 Å². The first-order valence-electron chi connectivity index (χ1n) is 4.32. The van der Waals surface area contributed by atoms with Gasteiger partial charge in [-0.25, -0.2) is 0 Å². The fraction of sp³-hybridized carbons (Fsp3) is 0.600. The fourth-order valence-electron chi connectivity index (χ4n) is 1.38.